The lowest BCUT2D eigenvalue weighted by molar-refractivity contribution is 0.118. The van der Waals surface area contributed by atoms with Crippen LogP contribution in [0.2, 0.25) is 5.15 Å². The molecule has 0 bridgehead atoms. The minimum atomic E-state index is -3.04. The summed E-state index contributed by atoms with van der Waals surface area (Å²) in [6, 6.07) is 8.05. The molecule has 1 unspecified atom stereocenters. The maximum atomic E-state index is 12.7. The van der Waals surface area contributed by atoms with Crippen LogP contribution in [0.1, 0.15) is 32.3 Å². The molecule has 1 aliphatic rings. The van der Waals surface area contributed by atoms with Gasteiger partial charge >= 0.3 is 0 Å². The van der Waals surface area contributed by atoms with E-state index in [0.29, 0.717) is 29.6 Å². The average molecular weight is 602 g/mol. The summed E-state index contributed by atoms with van der Waals surface area (Å²) >= 11 is 6.28. The maximum Gasteiger partial charge on any atom is 0.166 e. The molecular weight excluding hydrogens is 569 g/mol. The minimum Gasteiger partial charge on any atom is -0.388 e. The Morgan fingerprint density at radius 3 is 2.66 bits per heavy atom. The molecular formula is C28H33ClFN7O3S. The largest absolute Gasteiger partial charge is 0.388 e. The van der Waals surface area contributed by atoms with Crippen molar-refractivity contribution >= 4 is 49.5 Å². The topological polar surface area (TPSA) is 126 Å². The second-order valence-electron chi connectivity index (χ2n) is 10.9. The minimum absolute atomic E-state index is 0.0378. The van der Waals surface area contributed by atoms with E-state index >= 15 is 0 Å². The predicted octanol–water partition coefficient (Wildman–Crippen LogP) is 4.61. The maximum absolute atomic E-state index is 12.7. The summed E-state index contributed by atoms with van der Waals surface area (Å²) in [5.74, 6) is 1.97. The van der Waals surface area contributed by atoms with Gasteiger partial charge in [0.1, 0.15) is 34.3 Å². The van der Waals surface area contributed by atoms with Gasteiger partial charge in [-0.3, -0.25) is 4.68 Å². The van der Waals surface area contributed by atoms with E-state index in [-0.39, 0.29) is 35.3 Å². The molecule has 1 fully saturated rings. The Labute approximate surface area is 243 Å². The summed E-state index contributed by atoms with van der Waals surface area (Å²) in [4.78, 5) is 15.8. The zero-order chi connectivity index (χ0) is 29.5. The first kappa shape index (κ1) is 29.2. The van der Waals surface area contributed by atoms with Gasteiger partial charge in [0.15, 0.2) is 11.0 Å². The van der Waals surface area contributed by atoms with E-state index < -0.39 is 22.6 Å². The zero-order valence-electron chi connectivity index (χ0n) is 23.3. The summed E-state index contributed by atoms with van der Waals surface area (Å²) in [5, 5.41) is 19.2. The van der Waals surface area contributed by atoms with Gasteiger partial charge < -0.3 is 15.3 Å². The SMILES string of the molecule is CC(C)c1ccc(N2C[C@H](CS(C)(=O)=O)[C@H]2C)c2cnc(Nc3ccnc(-c4cn(CC(O)CF)nc4Cl)n3)cc12. The summed E-state index contributed by atoms with van der Waals surface area (Å²) in [7, 11) is -3.04. The molecule has 218 valence electrons. The van der Waals surface area contributed by atoms with E-state index in [9.17, 15) is 17.9 Å². The Morgan fingerprint density at radius 2 is 1.98 bits per heavy atom. The van der Waals surface area contributed by atoms with Crippen molar-refractivity contribution in [3.8, 4) is 11.4 Å². The first-order valence-electron chi connectivity index (χ1n) is 13.4. The van der Waals surface area contributed by atoms with Crippen LogP contribution in [0.25, 0.3) is 22.2 Å². The van der Waals surface area contributed by atoms with Crippen molar-refractivity contribution in [2.75, 3.05) is 35.4 Å². The van der Waals surface area contributed by atoms with Gasteiger partial charge in [-0.2, -0.15) is 5.10 Å². The normalized spacial score (nSPS) is 18.1. The van der Waals surface area contributed by atoms with Crippen LogP contribution in [0.5, 0.6) is 0 Å². The molecule has 10 nitrogen and oxygen atoms in total. The number of pyridine rings is 1. The molecule has 0 aliphatic carbocycles. The molecule has 0 saturated carbocycles. The van der Waals surface area contributed by atoms with Crippen LogP contribution in [-0.4, -0.2) is 75.6 Å². The molecule has 0 amide bonds. The smallest absolute Gasteiger partial charge is 0.166 e. The third kappa shape index (κ3) is 6.29. The van der Waals surface area contributed by atoms with Gasteiger partial charge in [0, 0.05) is 54.4 Å². The molecule has 4 heterocycles. The van der Waals surface area contributed by atoms with Crippen molar-refractivity contribution in [3.63, 3.8) is 0 Å². The number of aliphatic hydroxyl groups excluding tert-OH is 1. The van der Waals surface area contributed by atoms with Crippen molar-refractivity contribution in [2.45, 2.75) is 45.4 Å². The lowest BCUT2D eigenvalue weighted by atomic mass is 9.88. The average Bonchev–Trinajstić information content (AvgIpc) is 3.29. The monoisotopic (exact) mass is 601 g/mol. The van der Waals surface area contributed by atoms with Crippen LogP contribution in [0.15, 0.2) is 42.9 Å². The van der Waals surface area contributed by atoms with Gasteiger partial charge in [0.05, 0.1) is 17.9 Å². The lowest BCUT2D eigenvalue weighted by Crippen LogP contribution is -2.57. The first-order valence-corrected chi connectivity index (χ1v) is 15.8. The molecule has 0 radical (unpaired) electrons. The highest BCUT2D eigenvalue weighted by atomic mass is 35.5. The quantitative estimate of drug-likeness (QED) is 0.268. The molecule has 0 spiro atoms. The molecule has 41 heavy (non-hydrogen) atoms. The molecule has 2 N–H and O–H groups in total. The van der Waals surface area contributed by atoms with Crippen LogP contribution in [0.4, 0.5) is 21.7 Å². The number of halogens is 2. The second kappa shape index (κ2) is 11.5. The molecule has 1 aliphatic heterocycles. The van der Waals surface area contributed by atoms with Crippen LogP contribution in [-0.2, 0) is 16.4 Å². The third-order valence-electron chi connectivity index (χ3n) is 7.41. The lowest BCUT2D eigenvalue weighted by Gasteiger charge is -2.48. The van der Waals surface area contributed by atoms with Crippen LogP contribution in [0, 0.1) is 5.92 Å². The summed E-state index contributed by atoms with van der Waals surface area (Å²) in [6.07, 6.45) is 5.11. The number of benzene rings is 1. The molecule has 13 heteroatoms. The van der Waals surface area contributed by atoms with Gasteiger partial charge in [0.2, 0.25) is 0 Å². The van der Waals surface area contributed by atoms with E-state index in [1.165, 1.54) is 16.5 Å². The van der Waals surface area contributed by atoms with Gasteiger partial charge in [-0.05, 0) is 42.0 Å². The van der Waals surface area contributed by atoms with E-state index in [0.717, 1.165) is 16.5 Å². The number of nitrogens with one attached hydrogen (secondary N) is 1. The Morgan fingerprint density at radius 1 is 1.20 bits per heavy atom. The third-order valence-corrected chi connectivity index (χ3v) is 8.72. The highest BCUT2D eigenvalue weighted by Gasteiger charge is 2.38. The fourth-order valence-electron chi connectivity index (χ4n) is 5.25. The molecule has 3 atom stereocenters. The number of alkyl halides is 1. The molecule has 1 saturated heterocycles. The fourth-order valence-corrected chi connectivity index (χ4v) is 6.64. The molecule has 5 rings (SSSR count). The molecule has 3 aromatic heterocycles. The van der Waals surface area contributed by atoms with Gasteiger partial charge in [-0.15, -0.1) is 0 Å². The first-order chi connectivity index (χ1) is 19.4. The van der Waals surface area contributed by atoms with Crippen molar-refractivity contribution in [1.29, 1.82) is 0 Å². The molecule has 4 aromatic rings. The van der Waals surface area contributed by atoms with Crippen LogP contribution >= 0.6 is 11.6 Å². The van der Waals surface area contributed by atoms with Gasteiger partial charge in [0.25, 0.3) is 0 Å². The Balaban J connectivity index is 1.42. The molecule has 1 aromatic carbocycles. The summed E-state index contributed by atoms with van der Waals surface area (Å²) < 4.78 is 37.7. The van der Waals surface area contributed by atoms with Crippen molar-refractivity contribution in [3.05, 3.63) is 53.6 Å². The Hall–Kier alpha value is -3.35. The highest BCUT2D eigenvalue weighted by Crippen LogP contribution is 2.39. The standard InChI is InChI=1S/C28H33ClFN7O3S/c1-16(2)20-5-6-24(37-12-18(17(37)3)15-41(4,39)40)22-11-32-26(9-21(20)22)33-25-7-8-31-28(34-25)23-14-36(35-27(23)29)13-19(38)10-30/h5-9,11,14,16-19,38H,10,12-13,15H2,1-4H3,(H,31,32,33,34)/t17-,18-,19?/m1/s1. The number of rotatable bonds is 10. The van der Waals surface area contributed by atoms with E-state index in [2.05, 4.69) is 63.2 Å². The number of aromatic nitrogens is 5. The van der Waals surface area contributed by atoms with Crippen molar-refractivity contribution in [1.82, 2.24) is 24.7 Å². The number of hydrogen-bond acceptors (Lipinski definition) is 9. The van der Waals surface area contributed by atoms with Gasteiger partial charge in [-0.25, -0.2) is 27.8 Å². The predicted molar refractivity (Wildman–Crippen MR) is 159 cm³/mol. The van der Waals surface area contributed by atoms with Crippen LogP contribution in [0.3, 0.4) is 0 Å². The highest BCUT2D eigenvalue weighted by molar-refractivity contribution is 7.90. The van der Waals surface area contributed by atoms with Gasteiger partial charge in [-0.1, -0.05) is 31.5 Å². The summed E-state index contributed by atoms with van der Waals surface area (Å²) in [5.41, 5.74) is 2.67. The van der Waals surface area contributed by atoms with Crippen molar-refractivity contribution < 1.29 is 17.9 Å². The number of aliphatic hydroxyl groups is 1. The van der Waals surface area contributed by atoms with Crippen LogP contribution < -0.4 is 10.2 Å². The zero-order valence-corrected chi connectivity index (χ0v) is 24.9. The number of fused-ring (bicyclic) bond motifs is 1. The number of sulfone groups is 1. The number of hydrogen-bond donors (Lipinski definition) is 2. The van der Waals surface area contributed by atoms with E-state index in [4.69, 9.17) is 11.6 Å². The van der Waals surface area contributed by atoms with Crippen molar-refractivity contribution in [2.24, 2.45) is 5.92 Å². The summed E-state index contributed by atoms with van der Waals surface area (Å²) in [6.45, 7) is 6.11. The number of nitrogens with zero attached hydrogens (tertiary/aromatic N) is 6. The number of anilines is 3. The second-order valence-corrected chi connectivity index (χ2v) is 13.5. The van der Waals surface area contributed by atoms with E-state index in [1.807, 2.05) is 12.3 Å². The fraction of sp³-hybridized carbons (Fsp3) is 0.429. The Kier molecular flexibility index (Phi) is 8.18. The van der Waals surface area contributed by atoms with E-state index in [1.54, 1.807) is 18.5 Å². The Bertz CT molecular complexity index is 1680.